The van der Waals surface area contributed by atoms with Crippen molar-refractivity contribution in [3.05, 3.63) is 18.5 Å². The van der Waals surface area contributed by atoms with E-state index >= 15 is 0 Å². The summed E-state index contributed by atoms with van der Waals surface area (Å²) in [7, 11) is 0. The van der Waals surface area contributed by atoms with Crippen molar-refractivity contribution in [3.63, 3.8) is 0 Å². The number of carbonyl (C=O) groups excluding carboxylic acids is 1. The van der Waals surface area contributed by atoms with Crippen molar-refractivity contribution in [3.8, 4) is 11.5 Å². The largest absolute Gasteiger partial charge is 0.459 e. The summed E-state index contributed by atoms with van der Waals surface area (Å²) in [6.07, 6.45) is 2.58. The first kappa shape index (κ1) is 9.38. The topological polar surface area (TPSA) is 91.2 Å². The molecule has 2 aromatic heterocycles. The Morgan fingerprint density at radius 2 is 2.47 bits per heavy atom. The molecule has 0 saturated carbocycles. The minimum atomic E-state index is -0.653. The van der Waals surface area contributed by atoms with Crippen LogP contribution in [0, 0.1) is 0 Å². The van der Waals surface area contributed by atoms with Crippen LogP contribution in [0.15, 0.2) is 21.6 Å². The molecule has 0 fully saturated rings. The second kappa shape index (κ2) is 3.91. The van der Waals surface area contributed by atoms with Gasteiger partial charge < -0.3 is 13.7 Å². The lowest BCUT2D eigenvalue weighted by atomic mass is 10.5. The van der Waals surface area contributed by atoms with Crippen molar-refractivity contribution < 1.29 is 18.5 Å². The van der Waals surface area contributed by atoms with Gasteiger partial charge in [0.2, 0.25) is 5.82 Å². The van der Waals surface area contributed by atoms with E-state index in [0.717, 1.165) is 0 Å². The normalized spacial score (nSPS) is 10.2. The van der Waals surface area contributed by atoms with Gasteiger partial charge in [-0.3, -0.25) is 0 Å². The average Bonchev–Trinajstić information content (AvgIpc) is 2.89. The smallest absolute Gasteiger partial charge is 0.397 e. The monoisotopic (exact) mass is 209 g/mol. The van der Waals surface area contributed by atoms with E-state index in [1.54, 1.807) is 6.92 Å². The van der Waals surface area contributed by atoms with Crippen LogP contribution < -0.4 is 0 Å². The molecule has 0 spiro atoms. The number of carbonyl (C=O) groups is 1. The molecule has 0 bridgehead atoms. The fourth-order valence-corrected chi connectivity index (χ4v) is 0.926. The number of ether oxygens (including phenoxy) is 1. The van der Waals surface area contributed by atoms with Crippen LogP contribution in [0.5, 0.6) is 0 Å². The molecule has 2 aromatic rings. The third-order valence-electron chi connectivity index (χ3n) is 1.54. The number of esters is 1. The van der Waals surface area contributed by atoms with Gasteiger partial charge in [-0.2, -0.15) is 4.98 Å². The molecule has 0 amide bonds. The van der Waals surface area contributed by atoms with Gasteiger partial charge in [0.1, 0.15) is 12.0 Å². The van der Waals surface area contributed by atoms with Crippen LogP contribution in [0.3, 0.4) is 0 Å². The second-order valence-corrected chi connectivity index (χ2v) is 2.52. The first-order valence-corrected chi connectivity index (χ1v) is 4.20. The Morgan fingerprint density at radius 3 is 3.13 bits per heavy atom. The highest BCUT2D eigenvalue weighted by atomic mass is 16.6. The van der Waals surface area contributed by atoms with Crippen LogP contribution >= 0.6 is 0 Å². The number of hydrogen-bond acceptors (Lipinski definition) is 7. The summed E-state index contributed by atoms with van der Waals surface area (Å²) >= 11 is 0. The lowest BCUT2D eigenvalue weighted by Gasteiger charge is -1.93. The van der Waals surface area contributed by atoms with Gasteiger partial charge in [-0.1, -0.05) is 5.16 Å². The van der Waals surface area contributed by atoms with Crippen molar-refractivity contribution in [2.45, 2.75) is 6.92 Å². The van der Waals surface area contributed by atoms with Gasteiger partial charge in [-0.15, -0.1) is 0 Å². The third kappa shape index (κ3) is 1.85. The molecule has 15 heavy (non-hydrogen) atoms. The summed E-state index contributed by atoms with van der Waals surface area (Å²) in [6, 6.07) is 0. The van der Waals surface area contributed by atoms with E-state index < -0.39 is 5.97 Å². The molecular weight excluding hydrogens is 202 g/mol. The van der Waals surface area contributed by atoms with Crippen LogP contribution in [0.4, 0.5) is 0 Å². The zero-order valence-electron chi connectivity index (χ0n) is 7.84. The minimum Gasteiger partial charge on any atom is -0.459 e. The Kier molecular flexibility index (Phi) is 2.44. The number of oxazole rings is 1. The van der Waals surface area contributed by atoms with Crippen molar-refractivity contribution in [1.82, 2.24) is 15.1 Å². The lowest BCUT2D eigenvalue weighted by Crippen LogP contribution is -2.04. The van der Waals surface area contributed by atoms with Crippen LogP contribution in [-0.4, -0.2) is 27.7 Å². The molecule has 7 heteroatoms. The van der Waals surface area contributed by atoms with Gasteiger partial charge >= 0.3 is 11.9 Å². The molecule has 0 aliphatic rings. The van der Waals surface area contributed by atoms with E-state index in [-0.39, 0.29) is 18.3 Å². The van der Waals surface area contributed by atoms with E-state index in [1.165, 1.54) is 12.7 Å². The van der Waals surface area contributed by atoms with Gasteiger partial charge in [0, 0.05) is 0 Å². The quantitative estimate of drug-likeness (QED) is 0.693. The second-order valence-electron chi connectivity index (χ2n) is 2.52. The summed E-state index contributed by atoms with van der Waals surface area (Å²) < 4.78 is 14.1. The number of rotatable bonds is 3. The summed E-state index contributed by atoms with van der Waals surface area (Å²) in [5, 5.41) is 3.55. The van der Waals surface area contributed by atoms with Crippen LogP contribution in [0.25, 0.3) is 11.5 Å². The minimum absolute atomic E-state index is 0.187. The van der Waals surface area contributed by atoms with Gasteiger partial charge in [-0.25, -0.2) is 9.78 Å². The zero-order chi connectivity index (χ0) is 10.7. The molecule has 0 radical (unpaired) electrons. The third-order valence-corrected chi connectivity index (χ3v) is 1.54. The molecule has 2 heterocycles. The molecule has 0 aliphatic heterocycles. The van der Waals surface area contributed by atoms with Crippen LogP contribution in [-0.2, 0) is 4.74 Å². The predicted octanol–water partition coefficient (Wildman–Crippen LogP) is 0.901. The molecule has 7 nitrogen and oxygen atoms in total. The zero-order valence-corrected chi connectivity index (χ0v) is 7.84. The lowest BCUT2D eigenvalue weighted by molar-refractivity contribution is 0.0470. The van der Waals surface area contributed by atoms with E-state index in [0.29, 0.717) is 5.69 Å². The van der Waals surface area contributed by atoms with Gasteiger partial charge in [-0.05, 0) is 6.92 Å². The fourth-order valence-electron chi connectivity index (χ4n) is 0.926. The van der Waals surface area contributed by atoms with Crippen molar-refractivity contribution >= 4 is 5.97 Å². The van der Waals surface area contributed by atoms with Crippen molar-refractivity contribution in [2.75, 3.05) is 6.61 Å². The van der Waals surface area contributed by atoms with Gasteiger partial charge in [0.05, 0.1) is 6.61 Å². The van der Waals surface area contributed by atoms with E-state index in [2.05, 4.69) is 24.4 Å². The highest BCUT2D eigenvalue weighted by molar-refractivity contribution is 5.84. The molecule has 0 saturated heterocycles. The van der Waals surface area contributed by atoms with E-state index in [4.69, 9.17) is 4.42 Å². The maximum Gasteiger partial charge on any atom is 0.397 e. The molecule has 2 rings (SSSR count). The summed E-state index contributed by atoms with van der Waals surface area (Å²) in [5.41, 5.74) is 0.397. The number of nitrogens with zero attached hydrogens (tertiary/aromatic N) is 3. The van der Waals surface area contributed by atoms with Gasteiger partial charge in [0.15, 0.2) is 6.39 Å². The molecule has 0 N–H and O–H groups in total. The van der Waals surface area contributed by atoms with Crippen molar-refractivity contribution in [2.24, 2.45) is 0 Å². The molecule has 0 aliphatic carbocycles. The highest BCUT2D eigenvalue weighted by Gasteiger charge is 2.17. The molecule has 0 aromatic carbocycles. The molecule has 78 valence electrons. The Morgan fingerprint density at radius 1 is 1.60 bits per heavy atom. The standard InChI is InChI=1S/C8H7N3O4/c1-2-14-8(12)7-10-6(11-15-7)5-3-13-4-9-5/h3-4H,2H2,1H3. The van der Waals surface area contributed by atoms with Crippen molar-refractivity contribution in [1.29, 1.82) is 0 Å². The Balaban J connectivity index is 2.21. The first-order chi connectivity index (χ1) is 7.31. The Hall–Kier alpha value is -2.18. The number of hydrogen-bond donors (Lipinski definition) is 0. The van der Waals surface area contributed by atoms with Crippen LogP contribution in [0.1, 0.15) is 17.6 Å². The first-order valence-electron chi connectivity index (χ1n) is 4.20. The molecule has 0 atom stereocenters. The molecule has 0 unspecified atom stereocenters. The maximum absolute atomic E-state index is 11.2. The highest BCUT2D eigenvalue weighted by Crippen LogP contribution is 2.12. The summed E-state index contributed by atoms with van der Waals surface area (Å²) in [6.45, 7) is 1.94. The SMILES string of the molecule is CCOC(=O)c1nc(-c2cocn2)no1. The average molecular weight is 209 g/mol. The fraction of sp³-hybridized carbons (Fsp3) is 0.250. The van der Waals surface area contributed by atoms with E-state index in [9.17, 15) is 4.79 Å². The Labute approximate surface area is 84.1 Å². The van der Waals surface area contributed by atoms with Gasteiger partial charge in [0.25, 0.3) is 0 Å². The predicted molar refractivity (Wildman–Crippen MR) is 45.8 cm³/mol. The maximum atomic E-state index is 11.2. The number of aromatic nitrogens is 3. The summed E-state index contributed by atoms with van der Waals surface area (Å²) in [4.78, 5) is 18.8. The summed E-state index contributed by atoms with van der Waals surface area (Å²) in [5.74, 6) is -0.665. The van der Waals surface area contributed by atoms with E-state index in [1.807, 2.05) is 0 Å². The molecular formula is C8H7N3O4. The van der Waals surface area contributed by atoms with Crippen LogP contribution in [0.2, 0.25) is 0 Å². The Bertz CT molecular complexity index is 448.